The number of ether oxygens (including phenoxy) is 1. The zero-order valence-electron chi connectivity index (χ0n) is 9.78. The molecule has 0 aromatic carbocycles. The Bertz CT molecular complexity index is 377. The number of aromatic nitrogens is 1. The summed E-state index contributed by atoms with van der Waals surface area (Å²) in [6, 6.07) is 3.51. The number of nitrogens with one attached hydrogen (secondary N) is 1. The fraction of sp³-hybridized carbons (Fsp3) is 0.333. The monoisotopic (exact) mass is 220 g/mol. The van der Waals surface area contributed by atoms with Crippen LogP contribution < -0.4 is 5.32 Å². The molecule has 1 N–H and O–H groups in total. The fourth-order valence-electron chi connectivity index (χ4n) is 1.02. The van der Waals surface area contributed by atoms with Crippen molar-refractivity contribution in [1.82, 2.24) is 4.98 Å². The summed E-state index contributed by atoms with van der Waals surface area (Å²) in [6.07, 6.45) is 2.71. The minimum atomic E-state index is -0.501. The Morgan fingerprint density at radius 1 is 1.50 bits per heavy atom. The van der Waals surface area contributed by atoms with Gasteiger partial charge < -0.3 is 4.74 Å². The van der Waals surface area contributed by atoms with Crippen LogP contribution >= 0.6 is 0 Å². The minimum absolute atomic E-state index is 0.486. The molecule has 1 amide bonds. The summed E-state index contributed by atoms with van der Waals surface area (Å²) in [4.78, 5) is 15.5. The standard InChI is InChI=1S/C12H16N2O2/c1-5-9-6-7-10(8-13-9)14-11(15)16-12(2,3)4/h5-8H,1H2,2-4H3,(H,14,15). The maximum absolute atomic E-state index is 11.4. The van der Waals surface area contributed by atoms with Gasteiger partial charge in [-0.05, 0) is 39.0 Å². The van der Waals surface area contributed by atoms with Gasteiger partial charge in [-0.15, -0.1) is 0 Å². The SMILES string of the molecule is C=Cc1ccc(NC(=O)OC(C)(C)C)cn1. The van der Waals surface area contributed by atoms with Crippen molar-refractivity contribution >= 4 is 17.9 Å². The van der Waals surface area contributed by atoms with E-state index in [4.69, 9.17) is 4.74 Å². The zero-order chi connectivity index (χ0) is 12.2. The third-order valence-electron chi connectivity index (χ3n) is 1.64. The molecular weight excluding hydrogens is 204 g/mol. The molecule has 1 heterocycles. The second kappa shape index (κ2) is 4.79. The molecule has 86 valence electrons. The summed E-state index contributed by atoms with van der Waals surface area (Å²) < 4.78 is 5.10. The summed E-state index contributed by atoms with van der Waals surface area (Å²) in [6.45, 7) is 9.03. The summed E-state index contributed by atoms with van der Waals surface area (Å²) in [5.41, 5.74) is 0.855. The topological polar surface area (TPSA) is 51.2 Å². The smallest absolute Gasteiger partial charge is 0.412 e. The lowest BCUT2D eigenvalue weighted by atomic mass is 10.2. The molecule has 0 spiro atoms. The highest BCUT2D eigenvalue weighted by molar-refractivity contribution is 5.84. The summed E-state index contributed by atoms with van der Waals surface area (Å²) >= 11 is 0. The van der Waals surface area contributed by atoms with Crippen LogP contribution in [-0.2, 0) is 4.74 Å². The lowest BCUT2D eigenvalue weighted by Crippen LogP contribution is -2.27. The molecule has 1 aromatic heterocycles. The maximum Gasteiger partial charge on any atom is 0.412 e. The van der Waals surface area contributed by atoms with Crippen molar-refractivity contribution < 1.29 is 9.53 Å². The number of hydrogen-bond acceptors (Lipinski definition) is 3. The molecule has 0 radical (unpaired) electrons. The predicted octanol–water partition coefficient (Wildman–Crippen LogP) is 3.07. The van der Waals surface area contributed by atoms with Crippen LogP contribution in [0.1, 0.15) is 26.5 Å². The van der Waals surface area contributed by atoms with Gasteiger partial charge in [-0.2, -0.15) is 0 Å². The fourth-order valence-corrected chi connectivity index (χ4v) is 1.02. The highest BCUT2D eigenvalue weighted by Crippen LogP contribution is 2.11. The number of carbonyl (C=O) groups excluding carboxylic acids is 1. The highest BCUT2D eigenvalue weighted by atomic mass is 16.6. The number of anilines is 1. The van der Waals surface area contributed by atoms with Gasteiger partial charge in [-0.25, -0.2) is 4.79 Å². The molecule has 16 heavy (non-hydrogen) atoms. The summed E-state index contributed by atoms with van der Waals surface area (Å²) in [5, 5.41) is 2.59. The minimum Gasteiger partial charge on any atom is -0.444 e. The van der Waals surface area contributed by atoms with E-state index in [1.54, 1.807) is 24.4 Å². The van der Waals surface area contributed by atoms with Crippen LogP contribution in [0.2, 0.25) is 0 Å². The molecule has 0 atom stereocenters. The van der Waals surface area contributed by atoms with Gasteiger partial charge in [0.05, 0.1) is 17.6 Å². The molecule has 4 heteroatoms. The van der Waals surface area contributed by atoms with Gasteiger partial charge >= 0.3 is 6.09 Å². The van der Waals surface area contributed by atoms with Crippen molar-refractivity contribution in [2.45, 2.75) is 26.4 Å². The second-order valence-electron chi connectivity index (χ2n) is 4.30. The van der Waals surface area contributed by atoms with Crippen molar-refractivity contribution in [2.75, 3.05) is 5.32 Å². The Morgan fingerprint density at radius 3 is 2.62 bits per heavy atom. The van der Waals surface area contributed by atoms with Crippen molar-refractivity contribution in [2.24, 2.45) is 0 Å². The van der Waals surface area contributed by atoms with Crippen LogP contribution in [0.5, 0.6) is 0 Å². The second-order valence-corrected chi connectivity index (χ2v) is 4.30. The van der Waals surface area contributed by atoms with Gasteiger partial charge in [-0.1, -0.05) is 6.58 Å². The average molecular weight is 220 g/mol. The van der Waals surface area contributed by atoms with Gasteiger partial charge in [-0.3, -0.25) is 10.3 Å². The molecule has 0 aliphatic rings. The number of hydrogen-bond donors (Lipinski definition) is 1. The Labute approximate surface area is 95.3 Å². The normalized spacial score (nSPS) is 10.7. The maximum atomic E-state index is 11.4. The molecule has 4 nitrogen and oxygen atoms in total. The Hall–Kier alpha value is -1.84. The molecule has 0 fully saturated rings. The third-order valence-corrected chi connectivity index (χ3v) is 1.64. The first-order valence-electron chi connectivity index (χ1n) is 4.99. The van der Waals surface area contributed by atoms with Crippen molar-refractivity contribution in [1.29, 1.82) is 0 Å². The van der Waals surface area contributed by atoms with Crippen LogP contribution in [0.3, 0.4) is 0 Å². The number of rotatable bonds is 2. The van der Waals surface area contributed by atoms with Crippen LogP contribution in [0.25, 0.3) is 6.08 Å². The molecule has 1 aromatic rings. The molecular formula is C12H16N2O2. The van der Waals surface area contributed by atoms with Crippen molar-refractivity contribution in [3.8, 4) is 0 Å². The summed E-state index contributed by atoms with van der Waals surface area (Å²) in [5.74, 6) is 0. The van der Waals surface area contributed by atoms with Crippen LogP contribution in [0, 0.1) is 0 Å². The van der Waals surface area contributed by atoms with E-state index in [1.165, 1.54) is 0 Å². The van der Waals surface area contributed by atoms with Gasteiger partial charge in [0.15, 0.2) is 0 Å². The predicted molar refractivity (Wildman–Crippen MR) is 64.2 cm³/mol. The quantitative estimate of drug-likeness (QED) is 0.833. The van der Waals surface area contributed by atoms with E-state index in [-0.39, 0.29) is 0 Å². The van der Waals surface area contributed by atoms with Crippen molar-refractivity contribution in [3.63, 3.8) is 0 Å². The largest absolute Gasteiger partial charge is 0.444 e. The van der Waals surface area contributed by atoms with Crippen LogP contribution in [0.4, 0.5) is 10.5 Å². The Morgan fingerprint density at radius 2 is 2.19 bits per heavy atom. The average Bonchev–Trinajstić information content (AvgIpc) is 2.16. The number of nitrogens with zero attached hydrogens (tertiary/aromatic N) is 1. The van der Waals surface area contributed by atoms with E-state index in [1.807, 2.05) is 20.8 Å². The van der Waals surface area contributed by atoms with E-state index >= 15 is 0 Å². The molecule has 0 aliphatic carbocycles. The third kappa shape index (κ3) is 4.13. The number of carbonyl (C=O) groups is 1. The summed E-state index contributed by atoms with van der Waals surface area (Å²) in [7, 11) is 0. The Balaban J connectivity index is 2.59. The van der Waals surface area contributed by atoms with E-state index in [2.05, 4.69) is 16.9 Å². The van der Waals surface area contributed by atoms with Crippen molar-refractivity contribution in [3.05, 3.63) is 30.6 Å². The van der Waals surface area contributed by atoms with Crippen LogP contribution in [-0.4, -0.2) is 16.7 Å². The van der Waals surface area contributed by atoms with Gasteiger partial charge in [0, 0.05) is 0 Å². The number of amides is 1. The molecule has 0 aliphatic heterocycles. The first kappa shape index (κ1) is 12.2. The Kier molecular flexibility index (Phi) is 3.66. The van der Waals surface area contributed by atoms with E-state index in [0.29, 0.717) is 5.69 Å². The molecule has 0 saturated carbocycles. The van der Waals surface area contributed by atoms with E-state index < -0.39 is 11.7 Å². The molecule has 1 rings (SSSR count). The lowest BCUT2D eigenvalue weighted by molar-refractivity contribution is 0.0636. The van der Waals surface area contributed by atoms with Crippen LogP contribution in [0.15, 0.2) is 24.9 Å². The first-order chi connectivity index (χ1) is 7.40. The molecule has 0 bridgehead atoms. The number of pyridine rings is 1. The highest BCUT2D eigenvalue weighted by Gasteiger charge is 2.15. The molecule has 0 saturated heterocycles. The van der Waals surface area contributed by atoms with E-state index in [0.717, 1.165) is 5.69 Å². The van der Waals surface area contributed by atoms with Gasteiger partial charge in [0.25, 0.3) is 0 Å². The van der Waals surface area contributed by atoms with Gasteiger partial charge in [0.1, 0.15) is 5.60 Å². The first-order valence-corrected chi connectivity index (χ1v) is 4.99. The van der Waals surface area contributed by atoms with E-state index in [9.17, 15) is 4.79 Å². The lowest BCUT2D eigenvalue weighted by Gasteiger charge is -2.19. The van der Waals surface area contributed by atoms with Gasteiger partial charge in [0.2, 0.25) is 0 Å². The zero-order valence-corrected chi connectivity index (χ0v) is 9.78. The molecule has 0 unspecified atom stereocenters.